The zero-order valence-electron chi connectivity index (χ0n) is 14.7. The van der Waals surface area contributed by atoms with E-state index in [9.17, 15) is 4.79 Å². The van der Waals surface area contributed by atoms with Crippen molar-refractivity contribution in [3.05, 3.63) is 35.7 Å². The highest BCUT2D eigenvalue weighted by Crippen LogP contribution is 2.32. The van der Waals surface area contributed by atoms with Crippen molar-refractivity contribution in [3.8, 4) is 6.07 Å². The normalized spacial score (nSPS) is 16.0. The number of thioether (sulfide) groups is 1. The molecule has 0 spiro atoms. The first-order valence-electron chi connectivity index (χ1n) is 8.76. The molecule has 1 aliphatic rings. The lowest BCUT2D eigenvalue weighted by atomic mass is 9.89. The summed E-state index contributed by atoms with van der Waals surface area (Å²) in [4.78, 5) is 12.4. The van der Waals surface area contributed by atoms with Crippen molar-refractivity contribution in [2.75, 3.05) is 11.2 Å². The van der Waals surface area contributed by atoms with E-state index in [1.807, 2.05) is 0 Å². The number of nitrogens with one attached hydrogen (secondary N) is 1. The Morgan fingerprint density at radius 3 is 2.88 bits per heavy atom. The highest BCUT2D eigenvalue weighted by Gasteiger charge is 2.24. The molecule has 2 aromatic rings. The van der Waals surface area contributed by atoms with Gasteiger partial charge in [-0.3, -0.25) is 4.79 Å². The van der Waals surface area contributed by atoms with Crippen LogP contribution in [0.4, 0.5) is 5.69 Å². The number of carbonyl (C=O) groups excluding carboxylic acids is 1. The maximum atomic E-state index is 12.4. The Balaban J connectivity index is 1.64. The molecule has 1 aromatic heterocycles. The molecule has 0 saturated heterocycles. The molecule has 1 saturated carbocycles. The Bertz CT molecular complexity index is 821. The molecule has 0 unspecified atom stereocenters. The molecule has 1 aliphatic carbocycles. The molecular formula is C18H22N6OS. The van der Waals surface area contributed by atoms with Gasteiger partial charge in [0.2, 0.25) is 11.1 Å². The molecule has 8 heteroatoms. The van der Waals surface area contributed by atoms with Crippen LogP contribution in [0.15, 0.2) is 29.4 Å². The summed E-state index contributed by atoms with van der Waals surface area (Å²) in [6, 6.07) is 8.88. The number of benzene rings is 1. The fourth-order valence-corrected chi connectivity index (χ4v) is 3.91. The Kier molecular flexibility index (Phi) is 5.78. The molecule has 7 nitrogen and oxygen atoms in total. The molecule has 1 aromatic carbocycles. The van der Waals surface area contributed by atoms with Crippen LogP contribution in [0.3, 0.4) is 0 Å². The topological polar surface area (TPSA) is 110 Å². The van der Waals surface area contributed by atoms with Gasteiger partial charge < -0.3 is 11.2 Å². The smallest absolute Gasteiger partial charge is 0.237 e. The zero-order valence-corrected chi connectivity index (χ0v) is 15.5. The molecule has 1 heterocycles. The van der Waals surface area contributed by atoms with Gasteiger partial charge >= 0.3 is 0 Å². The summed E-state index contributed by atoms with van der Waals surface area (Å²) in [5.74, 6) is 7.16. The van der Waals surface area contributed by atoms with E-state index in [1.54, 1.807) is 31.2 Å². The number of nitrogens with zero attached hydrogens (tertiary/aromatic N) is 4. The monoisotopic (exact) mass is 370 g/mol. The number of aromatic nitrogens is 3. The van der Waals surface area contributed by atoms with Crippen molar-refractivity contribution in [2.24, 2.45) is 0 Å². The summed E-state index contributed by atoms with van der Waals surface area (Å²) in [5, 5.41) is 20.3. The van der Waals surface area contributed by atoms with Crippen LogP contribution in [0.25, 0.3) is 0 Å². The number of hydrogen-bond acceptors (Lipinski definition) is 6. The van der Waals surface area contributed by atoms with Crippen LogP contribution >= 0.6 is 11.8 Å². The van der Waals surface area contributed by atoms with Gasteiger partial charge in [-0.25, -0.2) is 4.68 Å². The van der Waals surface area contributed by atoms with Gasteiger partial charge in [0.05, 0.1) is 16.9 Å². The van der Waals surface area contributed by atoms with Gasteiger partial charge in [-0.15, -0.1) is 10.2 Å². The molecular weight excluding hydrogens is 348 g/mol. The summed E-state index contributed by atoms with van der Waals surface area (Å²) >= 11 is 1.28. The molecule has 136 valence electrons. The Morgan fingerprint density at radius 2 is 2.15 bits per heavy atom. The Morgan fingerprint density at radius 1 is 1.38 bits per heavy atom. The second kappa shape index (κ2) is 8.23. The summed E-state index contributed by atoms with van der Waals surface area (Å²) < 4.78 is 1.53. The standard InChI is InChI=1S/C18H22N6OS/c1-12(17(25)21-15-9-5-6-13(10-15)11-19)26-18-23-22-16(24(18)20)14-7-3-2-4-8-14/h5-6,9-10,12,14H,2-4,7-8,20H2,1H3,(H,21,25)/t12-/m0/s1. The second-order valence-electron chi connectivity index (χ2n) is 6.49. The van der Waals surface area contributed by atoms with Crippen LogP contribution in [0, 0.1) is 11.3 Å². The molecule has 1 fully saturated rings. The maximum Gasteiger partial charge on any atom is 0.237 e. The molecule has 0 radical (unpaired) electrons. The fraction of sp³-hybridized carbons (Fsp3) is 0.444. The van der Waals surface area contributed by atoms with E-state index >= 15 is 0 Å². The highest BCUT2D eigenvalue weighted by atomic mass is 32.2. The largest absolute Gasteiger partial charge is 0.336 e. The Hall–Kier alpha value is -2.53. The number of amides is 1. The number of rotatable bonds is 5. The first kappa shape index (κ1) is 18.3. The third-order valence-electron chi connectivity index (χ3n) is 4.57. The lowest BCUT2D eigenvalue weighted by Crippen LogP contribution is -2.24. The minimum atomic E-state index is -0.397. The Labute approximate surface area is 156 Å². The first-order valence-corrected chi connectivity index (χ1v) is 9.64. The molecule has 3 N–H and O–H groups in total. The highest BCUT2D eigenvalue weighted by molar-refractivity contribution is 8.00. The molecule has 26 heavy (non-hydrogen) atoms. The second-order valence-corrected chi connectivity index (χ2v) is 7.80. The van der Waals surface area contributed by atoms with E-state index in [2.05, 4.69) is 21.6 Å². The van der Waals surface area contributed by atoms with Gasteiger partial charge in [0, 0.05) is 11.6 Å². The lowest BCUT2D eigenvalue weighted by molar-refractivity contribution is -0.115. The molecule has 3 rings (SSSR count). The zero-order chi connectivity index (χ0) is 18.5. The van der Waals surface area contributed by atoms with E-state index in [0.29, 0.717) is 22.3 Å². The SMILES string of the molecule is C[C@H](Sc1nnc(C2CCCCC2)n1N)C(=O)Nc1cccc(C#N)c1. The number of carbonyl (C=O) groups is 1. The summed E-state index contributed by atoms with van der Waals surface area (Å²) in [6.45, 7) is 1.79. The average Bonchev–Trinajstić information content (AvgIpc) is 3.03. The summed E-state index contributed by atoms with van der Waals surface area (Å²) in [5.41, 5.74) is 1.10. The van der Waals surface area contributed by atoms with Crippen molar-refractivity contribution >= 4 is 23.4 Å². The third kappa shape index (κ3) is 4.17. The van der Waals surface area contributed by atoms with Crippen molar-refractivity contribution in [1.29, 1.82) is 5.26 Å². The van der Waals surface area contributed by atoms with Crippen LogP contribution in [0.1, 0.15) is 56.3 Å². The van der Waals surface area contributed by atoms with E-state index in [1.165, 1.54) is 35.7 Å². The third-order valence-corrected chi connectivity index (χ3v) is 5.63. The van der Waals surface area contributed by atoms with Gasteiger partial charge in [-0.2, -0.15) is 5.26 Å². The molecule has 1 amide bonds. The van der Waals surface area contributed by atoms with E-state index in [0.717, 1.165) is 18.7 Å². The van der Waals surface area contributed by atoms with Gasteiger partial charge in [-0.1, -0.05) is 37.1 Å². The van der Waals surface area contributed by atoms with E-state index in [4.69, 9.17) is 11.1 Å². The number of hydrogen-bond donors (Lipinski definition) is 2. The number of anilines is 1. The van der Waals surface area contributed by atoms with E-state index < -0.39 is 5.25 Å². The first-order chi connectivity index (χ1) is 12.6. The van der Waals surface area contributed by atoms with Crippen molar-refractivity contribution in [3.63, 3.8) is 0 Å². The maximum absolute atomic E-state index is 12.4. The van der Waals surface area contributed by atoms with Crippen molar-refractivity contribution < 1.29 is 4.79 Å². The molecule has 0 aliphatic heterocycles. The van der Waals surface area contributed by atoms with Crippen LogP contribution in [-0.2, 0) is 4.79 Å². The average molecular weight is 370 g/mol. The number of nitrogen functional groups attached to an aromatic ring is 1. The van der Waals surface area contributed by atoms with E-state index in [-0.39, 0.29) is 5.91 Å². The van der Waals surface area contributed by atoms with Gasteiger partial charge in [0.15, 0.2) is 5.82 Å². The predicted octanol–water partition coefficient (Wildman–Crippen LogP) is 3.03. The quantitative estimate of drug-likeness (QED) is 0.618. The minimum absolute atomic E-state index is 0.174. The molecule has 1 atom stereocenters. The molecule has 0 bridgehead atoms. The van der Waals surface area contributed by atoms with Crippen LogP contribution in [-0.4, -0.2) is 26.0 Å². The van der Waals surface area contributed by atoms with Crippen LogP contribution in [0.5, 0.6) is 0 Å². The fourth-order valence-electron chi connectivity index (χ4n) is 3.13. The van der Waals surface area contributed by atoms with Crippen LogP contribution < -0.4 is 11.2 Å². The van der Waals surface area contributed by atoms with Gasteiger partial charge in [0.25, 0.3) is 0 Å². The van der Waals surface area contributed by atoms with Crippen molar-refractivity contribution in [2.45, 2.75) is 55.4 Å². The summed E-state index contributed by atoms with van der Waals surface area (Å²) in [7, 11) is 0. The van der Waals surface area contributed by atoms with Crippen LogP contribution in [0.2, 0.25) is 0 Å². The minimum Gasteiger partial charge on any atom is -0.336 e. The van der Waals surface area contributed by atoms with Crippen molar-refractivity contribution in [1.82, 2.24) is 14.9 Å². The van der Waals surface area contributed by atoms with Gasteiger partial charge in [0.1, 0.15) is 0 Å². The lowest BCUT2D eigenvalue weighted by Gasteiger charge is -2.20. The number of nitrogens with two attached hydrogens (primary N) is 1. The summed E-state index contributed by atoms with van der Waals surface area (Å²) in [6.07, 6.45) is 5.83. The number of nitriles is 1. The van der Waals surface area contributed by atoms with Gasteiger partial charge in [-0.05, 0) is 38.0 Å². The predicted molar refractivity (Wildman–Crippen MR) is 101 cm³/mol.